The number of rotatable bonds is 9. The molecule has 0 bridgehead atoms. The van der Waals surface area contributed by atoms with Crippen molar-refractivity contribution < 1.29 is 13.2 Å². The van der Waals surface area contributed by atoms with Gasteiger partial charge in [0.2, 0.25) is 15.9 Å². The fraction of sp³-hybridized carbons (Fsp3) is 0.435. The van der Waals surface area contributed by atoms with Crippen molar-refractivity contribution in [3.05, 3.63) is 70.2 Å². The lowest BCUT2D eigenvalue weighted by Gasteiger charge is -2.20. The first kappa shape index (κ1) is 23.7. The van der Waals surface area contributed by atoms with Crippen molar-refractivity contribution >= 4 is 27.5 Å². The molecule has 31 heavy (non-hydrogen) atoms. The molecule has 1 aliphatic carbocycles. The van der Waals surface area contributed by atoms with E-state index in [1.165, 1.54) is 11.1 Å². The Balaban J connectivity index is 1.47. The fourth-order valence-corrected chi connectivity index (χ4v) is 4.73. The van der Waals surface area contributed by atoms with Crippen LogP contribution in [0.1, 0.15) is 54.8 Å². The van der Waals surface area contributed by atoms with Crippen molar-refractivity contribution in [1.29, 1.82) is 0 Å². The van der Waals surface area contributed by atoms with E-state index in [2.05, 4.69) is 35.8 Å². The summed E-state index contributed by atoms with van der Waals surface area (Å²) in [5.74, 6) is 0.0306. The summed E-state index contributed by atoms with van der Waals surface area (Å²) in [6.07, 6.45) is 3.56. The molecule has 8 heteroatoms. The van der Waals surface area contributed by atoms with Gasteiger partial charge in [-0.25, -0.2) is 13.6 Å². The standard InChI is InChI=1S/C23H30ClN3O3S/c1-16(19-3-2-4-21(24)14-19)27-22-10-9-20(15-22)18-7-5-17(6-8-18)13-23(28)26-11-12-31(25,29)30/h2-8,14,16,20,22,27H,9-13,15H2,1H3,(H,26,28)(H2,25,29,30). The van der Waals surface area contributed by atoms with Gasteiger partial charge in [-0.1, -0.05) is 48.0 Å². The van der Waals surface area contributed by atoms with Crippen LogP contribution in [0.4, 0.5) is 0 Å². The van der Waals surface area contributed by atoms with E-state index < -0.39 is 10.0 Å². The molecule has 1 aliphatic rings. The summed E-state index contributed by atoms with van der Waals surface area (Å²) in [7, 11) is -3.56. The molecule has 0 aliphatic heterocycles. The molecular formula is C23H30ClN3O3S. The van der Waals surface area contributed by atoms with Gasteiger partial charge in [0.1, 0.15) is 0 Å². The highest BCUT2D eigenvalue weighted by Gasteiger charge is 2.27. The van der Waals surface area contributed by atoms with Gasteiger partial charge < -0.3 is 10.6 Å². The number of benzene rings is 2. The van der Waals surface area contributed by atoms with Crippen molar-refractivity contribution in [1.82, 2.24) is 10.6 Å². The molecule has 2 aromatic carbocycles. The van der Waals surface area contributed by atoms with E-state index in [0.29, 0.717) is 12.0 Å². The normalized spacial score (nSPS) is 19.8. The van der Waals surface area contributed by atoms with Crippen molar-refractivity contribution in [2.24, 2.45) is 5.14 Å². The first-order chi connectivity index (χ1) is 14.7. The SMILES string of the molecule is CC(NC1CCC(c2ccc(CC(=O)NCCS(N)(=O)=O)cc2)C1)c1cccc(Cl)c1. The van der Waals surface area contributed by atoms with Crippen LogP contribution in [0.25, 0.3) is 0 Å². The van der Waals surface area contributed by atoms with E-state index in [0.717, 1.165) is 29.8 Å². The third-order valence-corrected chi connectivity index (χ3v) is 6.80. The number of primary sulfonamides is 1. The van der Waals surface area contributed by atoms with Gasteiger partial charge in [0.15, 0.2) is 0 Å². The van der Waals surface area contributed by atoms with E-state index in [1.54, 1.807) is 0 Å². The topological polar surface area (TPSA) is 101 Å². The molecule has 0 radical (unpaired) electrons. The lowest BCUT2D eigenvalue weighted by Crippen LogP contribution is -2.32. The summed E-state index contributed by atoms with van der Waals surface area (Å²) in [4.78, 5) is 12.0. The molecule has 1 amide bonds. The highest BCUT2D eigenvalue weighted by atomic mass is 35.5. The molecule has 2 aromatic rings. The van der Waals surface area contributed by atoms with Crippen molar-refractivity contribution in [3.8, 4) is 0 Å². The number of amides is 1. The first-order valence-corrected chi connectivity index (χ1v) is 12.7. The van der Waals surface area contributed by atoms with E-state index in [4.69, 9.17) is 16.7 Å². The van der Waals surface area contributed by atoms with Crippen LogP contribution in [0.2, 0.25) is 5.02 Å². The molecule has 1 saturated carbocycles. The van der Waals surface area contributed by atoms with E-state index in [1.807, 2.05) is 30.3 Å². The van der Waals surface area contributed by atoms with Gasteiger partial charge in [-0.3, -0.25) is 4.79 Å². The van der Waals surface area contributed by atoms with Crippen molar-refractivity contribution in [2.75, 3.05) is 12.3 Å². The third kappa shape index (κ3) is 7.61. The Labute approximate surface area is 189 Å². The zero-order chi connectivity index (χ0) is 22.4. The molecule has 3 rings (SSSR count). The Morgan fingerprint density at radius 2 is 1.94 bits per heavy atom. The second-order valence-electron chi connectivity index (χ2n) is 8.29. The number of carbonyl (C=O) groups excluding carboxylic acids is 1. The minimum Gasteiger partial charge on any atom is -0.355 e. The van der Waals surface area contributed by atoms with Crippen LogP contribution in [-0.4, -0.2) is 32.7 Å². The number of hydrogen-bond acceptors (Lipinski definition) is 4. The van der Waals surface area contributed by atoms with E-state index in [-0.39, 0.29) is 30.7 Å². The molecule has 168 valence electrons. The van der Waals surface area contributed by atoms with E-state index >= 15 is 0 Å². The number of sulfonamides is 1. The molecule has 3 atom stereocenters. The van der Waals surface area contributed by atoms with Gasteiger partial charge in [-0.2, -0.15) is 0 Å². The van der Waals surface area contributed by atoms with E-state index in [9.17, 15) is 13.2 Å². The third-order valence-electron chi connectivity index (χ3n) is 5.79. The average molecular weight is 464 g/mol. The Kier molecular flexibility index (Phi) is 8.11. The highest BCUT2D eigenvalue weighted by molar-refractivity contribution is 7.89. The number of hydrogen-bond donors (Lipinski definition) is 3. The first-order valence-electron chi connectivity index (χ1n) is 10.6. The Morgan fingerprint density at radius 1 is 1.19 bits per heavy atom. The smallest absolute Gasteiger partial charge is 0.224 e. The van der Waals surface area contributed by atoms with Crippen LogP contribution >= 0.6 is 11.6 Å². The molecule has 4 N–H and O–H groups in total. The molecule has 6 nitrogen and oxygen atoms in total. The minimum atomic E-state index is -3.56. The Morgan fingerprint density at radius 3 is 2.61 bits per heavy atom. The summed E-state index contributed by atoms with van der Waals surface area (Å²) in [6.45, 7) is 2.20. The Hall–Kier alpha value is -1.93. The highest BCUT2D eigenvalue weighted by Crippen LogP contribution is 2.35. The van der Waals surface area contributed by atoms with Crippen LogP contribution in [0.15, 0.2) is 48.5 Å². The van der Waals surface area contributed by atoms with Gasteiger partial charge in [0, 0.05) is 23.7 Å². The van der Waals surface area contributed by atoms with Crippen molar-refractivity contribution in [2.45, 2.75) is 50.6 Å². The monoisotopic (exact) mass is 463 g/mol. The minimum absolute atomic E-state index is 0.0276. The summed E-state index contributed by atoms with van der Waals surface area (Å²) < 4.78 is 21.8. The van der Waals surface area contributed by atoms with Crippen LogP contribution in [0.3, 0.4) is 0 Å². The number of nitrogens with one attached hydrogen (secondary N) is 2. The van der Waals surface area contributed by atoms with Gasteiger partial charge >= 0.3 is 0 Å². The van der Waals surface area contributed by atoms with Crippen LogP contribution in [0, 0.1) is 0 Å². The van der Waals surface area contributed by atoms with Crippen molar-refractivity contribution in [3.63, 3.8) is 0 Å². The van der Waals surface area contributed by atoms with Crippen LogP contribution < -0.4 is 15.8 Å². The zero-order valence-corrected chi connectivity index (χ0v) is 19.3. The second kappa shape index (κ2) is 10.6. The Bertz CT molecular complexity index is 995. The summed E-state index contributed by atoms with van der Waals surface area (Å²) in [5, 5.41) is 12.0. The lowest BCUT2D eigenvalue weighted by atomic mass is 9.95. The molecule has 0 saturated heterocycles. The molecule has 1 fully saturated rings. The lowest BCUT2D eigenvalue weighted by molar-refractivity contribution is -0.120. The predicted molar refractivity (Wildman–Crippen MR) is 125 cm³/mol. The van der Waals surface area contributed by atoms with Gasteiger partial charge in [-0.15, -0.1) is 0 Å². The number of nitrogens with two attached hydrogens (primary N) is 1. The van der Waals surface area contributed by atoms with Crippen LogP contribution in [0.5, 0.6) is 0 Å². The molecule has 0 aromatic heterocycles. The zero-order valence-electron chi connectivity index (χ0n) is 17.7. The molecule has 0 spiro atoms. The predicted octanol–water partition coefficient (Wildman–Crippen LogP) is 3.27. The summed E-state index contributed by atoms with van der Waals surface area (Å²) >= 11 is 6.11. The summed E-state index contributed by atoms with van der Waals surface area (Å²) in [6, 6.07) is 16.8. The number of carbonyl (C=O) groups is 1. The number of halogens is 1. The largest absolute Gasteiger partial charge is 0.355 e. The molecule has 3 unspecified atom stereocenters. The molecular weight excluding hydrogens is 434 g/mol. The van der Waals surface area contributed by atoms with Gasteiger partial charge in [0.25, 0.3) is 0 Å². The maximum absolute atomic E-state index is 12.0. The fourth-order valence-electron chi connectivity index (χ4n) is 4.15. The quantitative estimate of drug-likeness (QED) is 0.531. The average Bonchev–Trinajstić information content (AvgIpc) is 3.16. The van der Waals surface area contributed by atoms with Gasteiger partial charge in [-0.05, 0) is 60.9 Å². The maximum Gasteiger partial charge on any atom is 0.224 e. The summed E-state index contributed by atoms with van der Waals surface area (Å²) in [5.41, 5.74) is 3.39. The second-order valence-corrected chi connectivity index (χ2v) is 10.5. The molecule has 0 heterocycles. The van der Waals surface area contributed by atoms with Crippen LogP contribution in [-0.2, 0) is 21.2 Å². The van der Waals surface area contributed by atoms with Gasteiger partial charge in [0.05, 0.1) is 12.2 Å². The maximum atomic E-state index is 12.0.